The van der Waals surface area contributed by atoms with Gasteiger partial charge in [0.1, 0.15) is 0 Å². The maximum Gasteiger partial charge on any atom is 0.0702 e. The van der Waals surface area contributed by atoms with Crippen LogP contribution in [0.2, 0.25) is 0 Å². The molecule has 0 fully saturated rings. The Morgan fingerprint density at radius 2 is 0.632 bits per heavy atom. The van der Waals surface area contributed by atoms with Crippen LogP contribution in [0.5, 0.6) is 0 Å². The summed E-state index contributed by atoms with van der Waals surface area (Å²) >= 11 is 0. The molecule has 0 bridgehead atoms. The van der Waals surface area contributed by atoms with Crippen LogP contribution < -0.4 is 0 Å². The Morgan fingerprint density at radius 1 is 0.281 bits per heavy atom. The fraction of sp³-hybridized carbons (Fsp3) is 0.161. The summed E-state index contributed by atoms with van der Waals surface area (Å²) in [5, 5.41) is 0. The molecule has 0 saturated carbocycles. The minimum atomic E-state index is -0.136. The van der Waals surface area contributed by atoms with E-state index in [1.165, 1.54) is 106 Å². The molecule has 0 unspecified atom stereocenters. The van der Waals surface area contributed by atoms with Crippen molar-refractivity contribution in [3.8, 4) is 78.0 Å². The lowest BCUT2D eigenvalue weighted by molar-refractivity contribution is 0.659. The Labute approximate surface area is 336 Å². The number of fused-ring (bicyclic) bond motifs is 9. The molecule has 8 aromatic rings. The molecule has 0 spiro atoms. The van der Waals surface area contributed by atoms with Crippen molar-refractivity contribution in [3.63, 3.8) is 0 Å². The summed E-state index contributed by atoms with van der Waals surface area (Å²) in [4.78, 5) is 4.63. The zero-order valence-corrected chi connectivity index (χ0v) is 33.5. The number of hydrogen-bond donors (Lipinski definition) is 0. The summed E-state index contributed by atoms with van der Waals surface area (Å²) in [6.45, 7) is 14.2. The number of aromatic nitrogens is 1. The average molecular weight is 732 g/mol. The Morgan fingerprint density at radius 3 is 1.07 bits per heavy atom. The first-order chi connectivity index (χ1) is 27.5. The Bertz CT molecular complexity index is 2980. The number of benzene rings is 7. The maximum absolute atomic E-state index is 4.63. The standard InChI is InChI=1S/C56H45N/c1-54(2)47-15-8-7-14-41(47)42-22-17-36(29-48(42)54)34-12-11-13-35(28-34)37-18-23-43-44-24-19-38(31-50(44)55(3,4)49(43)30-37)39-20-25-45-46-26-21-40(53-16-9-10-27-57-53)33-52(46)56(5,6)51(45)32-39/h7-33H,1-6H3. The van der Waals surface area contributed by atoms with Gasteiger partial charge >= 0.3 is 0 Å². The molecule has 0 amide bonds. The van der Waals surface area contributed by atoms with Crippen LogP contribution in [0.25, 0.3) is 78.0 Å². The van der Waals surface area contributed by atoms with E-state index in [-0.39, 0.29) is 16.2 Å². The molecular weight excluding hydrogens is 687 g/mol. The van der Waals surface area contributed by atoms with Gasteiger partial charge in [-0.1, -0.05) is 151 Å². The van der Waals surface area contributed by atoms with Gasteiger partial charge in [0, 0.05) is 28.0 Å². The molecule has 7 aromatic carbocycles. The van der Waals surface area contributed by atoms with Gasteiger partial charge in [0.25, 0.3) is 0 Å². The van der Waals surface area contributed by atoms with Gasteiger partial charge in [0.15, 0.2) is 0 Å². The second-order valence-electron chi connectivity index (χ2n) is 18.0. The first-order valence-corrected chi connectivity index (χ1v) is 20.4. The average Bonchev–Trinajstić information content (AvgIpc) is 3.72. The smallest absolute Gasteiger partial charge is 0.0702 e. The van der Waals surface area contributed by atoms with E-state index in [9.17, 15) is 0 Å². The van der Waals surface area contributed by atoms with Crippen LogP contribution >= 0.6 is 0 Å². The van der Waals surface area contributed by atoms with Gasteiger partial charge in [-0.05, 0) is 149 Å². The molecule has 0 radical (unpaired) electrons. The van der Waals surface area contributed by atoms with Crippen LogP contribution in [0.1, 0.15) is 74.9 Å². The molecule has 57 heavy (non-hydrogen) atoms. The quantitative estimate of drug-likeness (QED) is 0.176. The molecule has 3 aliphatic carbocycles. The monoisotopic (exact) mass is 731 g/mol. The highest BCUT2D eigenvalue weighted by Crippen LogP contribution is 2.54. The van der Waals surface area contributed by atoms with Gasteiger partial charge in [-0.3, -0.25) is 4.98 Å². The Kier molecular flexibility index (Phi) is 7.07. The molecule has 11 rings (SSSR count). The number of pyridine rings is 1. The van der Waals surface area contributed by atoms with Crippen LogP contribution in [0.15, 0.2) is 164 Å². The van der Waals surface area contributed by atoms with Gasteiger partial charge in [0.05, 0.1) is 5.69 Å². The van der Waals surface area contributed by atoms with E-state index in [1.807, 2.05) is 12.3 Å². The second-order valence-corrected chi connectivity index (χ2v) is 18.0. The van der Waals surface area contributed by atoms with Gasteiger partial charge in [0.2, 0.25) is 0 Å². The fourth-order valence-corrected chi connectivity index (χ4v) is 10.5. The molecule has 1 nitrogen and oxygen atoms in total. The molecule has 0 saturated heterocycles. The zero-order valence-electron chi connectivity index (χ0n) is 33.5. The molecule has 3 aliphatic rings. The van der Waals surface area contributed by atoms with Gasteiger partial charge in [-0.25, -0.2) is 0 Å². The van der Waals surface area contributed by atoms with Crippen molar-refractivity contribution in [1.29, 1.82) is 0 Å². The van der Waals surface area contributed by atoms with Crippen molar-refractivity contribution in [2.45, 2.75) is 57.8 Å². The van der Waals surface area contributed by atoms with E-state index in [2.05, 4.69) is 198 Å². The third-order valence-corrected chi connectivity index (χ3v) is 13.8. The minimum absolute atomic E-state index is 0.0196. The highest BCUT2D eigenvalue weighted by Gasteiger charge is 2.38. The summed E-state index contributed by atoms with van der Waals surface area (Å²) in [7, 11) is 0. The normalized spacial score (nSPS) is 15.6. The molecule has 1 heterocycles. The number of rotatable bonds is 4. The topological polar surface area (TPSA) is 12.9 Å². The van der Waals surface area contributed by atoms with Crippen molar-refractivity contribution in [2.24, 2.45) is 0 Å². The summed E-state index contributed by atoms with van der Waals surface area (Å²) < 4.78 is 0. The van der Waals surface area contributed by atoms with Crippen LogP contribution in [0, 0.1) is 0 Å². The first-order valence-electron chi connectivity index (χ1n) is 20.4. The molecule has 1 heteroatoms. The van der Waals surface area contributed by atoms with Crippen molar-refractivity contribution >= 4 is 0 Å². The van der Waals surface area contributed by atoms with E-state index < -0.39 is 0 Å². The van der Waals surface area contributed by atoms with E-state index in [0.29, 0.717) is 0 Å². The van der Waals surface area contributed by atoms with Crippen molar-refractivity contribution in [3.05, 3.63) is 197 Å². The third kappa shape index (κ3) is 4.91. The summed E-state index contributed by atoms with van der Waals surface area (Å²) in [5.74, 6) is 0. The van der Waals surface area contributed by atoms with Crippen LogP contribution in [-0.2, 0) is 16.2 Å². The van der Waals surface area contributed by atoms with E-state index in [0.717, 1.165) is 5.69 Å². The lowest BCUT2D eigenvalue weighted by Gasteiger charge is -2.24. The SMILES string of the molecule is CC1(C)c2ccccc2-c2ccc(-c3cccc(-c4ccc5c(c4)C(C)(C)c4cc(-c6ccc7c(c6)C(C)(C)c6cc(-c8ccccn8)ccc6-7)ccc4-5)c3)cc21. The summed E-state index contributed by atoms with van der Waals surface area (Å²) in [6, 6.07) is 59.4. The van der Waals surface area contributed by atoms with Gasteiger partial charge in [-0.15, -0.1) is 0 Å². The zero-order chi connectivity index (χ0) is 38.8. The van der Waals surface area contributed by atoms with Crippen molar-refractivity contribution in [2.75, 3.05) is 0 Å². The summed E-state index contributed by atoms with van der Waals surface area (Å²) in [6.07, 6.45) is 1.87. The number of hydrogen-bond acceptors (Lipinski definition) is 1. The molecular formula is C56H45N. The Hall–Kier alpha value is -6.31. The minimum Gasteiger partial charge on any atom is -0.256 e. The van der Waals surface area contributed by atoms with Crippen molar-refractivity contribution in [1.82, 2.24) is 4.98 Å². The van der Waals surface area contributed by atoms with E-state index in [1.54, 1.807) is 0 Å². The molecule has 274 valence electrons. The van der Waals surface area contributed by atoms with Gasteiger partial charge < -0.3 is 0 Å². The van der Waals surface area contributed by atoms with Crippen LogP contribution in [0.3, 0.4) is 0 Å². The highest BCUT2D eigenvalue weighted by atomic mass is 14.7. The van der Waals surface area contributed by atoms with Crippen molar-refractivity contribution < 1.29 is 0 Å². The van der Waals surface area contributed by atoms with E-state index >= 15 is 0 Å². The largest absolute Gasteiger partial charge is 0.256 e. The third-order valence-electron chi connectivity index (χ3n) is 13.8. The molecule has 0 atom stereocenters. The number of nitrogens with zero attached hydrogens (tertiary/aromatic N) is 1. The van der Waals surface area contributed by atoms with Gasteiger partial charge in [-0.2, -0.15) is 0 Å². The van der Waals surface area contributed by atoms with E-state index in [4.69, 9.17) is 0 Å². The predicted octanol–water partition coefficient (Wildman–Crippen LogP) is 14.7. The second kappa shape index (κ2) is 11.9. The first kappa shape index (κ1) is 34.0. The predicted molar refractivity (Wildman–Crippen MR) is 239 cm³/mol. The maximum atomic E-state index is 4.63. The van der Waals surface area contributed by atoms with Crippen LogP contribution in [0.4, 0.5) is 0 Å². The summed E-state index contributed by atoms with van der Waals surface area (Å²) in [5.41, 5.74) is 25.9. The van der Waals surface area contributed by atoms with Crippen LogP contribution in [-0.4, -0.2) is 4.98 Å². The Balaban J connectivity index is 0.910. The lowest BCUT2D eigenvalue weighted by Crippen LogP contribution is -2.15. The highest BCUT2D eigenvalue weighted by molar-refractivity contribution is 5.89. The molecule has 0 N–H and O–H groups in total. The molecule has 1 aromatic heterocycles. The molecule has 0 aliphatic heterocycles. The fourth-order valence-electron chi connectivity index (χ4n) is 10.5. The lowest BCUT2D eigenvalue weighted by atomic mass is 9.79.